The Kier molecular flexibility index (Phi) is 7.71. The van der Waals surface area contributed by atoms with E-state index in [0.29, 0.717) is 21.6 Å². The summed E-state index contributed by atoms with van der Waals surface area (Å²) < 4.78 is 7.16. The number of benzene rings is 3. The summed E-state index contributed by atoms with van der Waals surface area (Å²) in [5.41, 5.74) is 4.97. The summed E-state index contributed by atoms with van der Waals surface area (Å²) in [5.74, 6) is 1.27. The molecular weight excluding hydrogens is 492 g/mol. The van der Waals surface area contributed by atoms with E-state index in [0.717, 1.165) is 22.6 Å². The molecule has 4 aromatic rings. The average Bonchev–Trinajstić information content (AvgIpc) is 3.27. The third-order valence-corrected chi connectivity index (χ3v) is 6.93. The Hall–Kier alpha value is -3.29. The van der Waals surface area contributed by atoms with Crippen molar-refractivity contribution < 1.29 is 9.53 Å². The quantitative estimate of drug-likeness (QED) is 0.267. The first-order valence-corrected chi connectivity index (χ1v) is 12.9. The van der Waals surface area contributed by atoms with Crippen LogP contribution in [0.1, 0.15) is 31.9 Å². The van der Waals surface area contributed by atoms with Crippen molar-refractivity contribution in [1.29, 1.82) is 0 Å². The molecule has 0 unspecified atom stereocenters. The Labute approximate surface area is 221 Å². The monoisotopic (exact) mass is 520 g/mol. The summed E-state index contributed by atoms with van der Waals surface area (Å²) in [5, 5.41) is 12.9. The van der Waals surface area contributed by atoms with Gasteiger partial charge in [-0.2, -0.15) is 0 Å². The lowest BCUT2D eigenvalue weighted by atomic mass is 9.87. The number of carbonyl (C=O) groups excluding carboxylic acids is 1. The van der Waals surface area contributed by atoms with Crippen molar-refractivity contribution in [2.45, 2.75) is 38.3 Å². The van der Waals surface area contributed by atoms with E-state index in [1.807, 2.05) is 23.6 Å². The van der Waals surface area contributed by atoms with Gasteiger partial charge in [-0.1, -0.05) is 86.1 Å². The van der Waals surface area contributed by atoms with Gasteiger partial charge in [-0.25, -0.2) is 0 Å². The number of aryl methyl sites for hydroxylation is 1. The Morgan fingerprint density at radius 3 is 2.33 bits per heavy atom. The summed E-state index contributed by atoms with van der Waals surface area (Å²) in [7, 11) is 1.55. The van der Waals surface area contributed by atoms with Gasteiger partial charge in [-0.3, -0.25) is 9.36 Å². The van der Waals surface area contributed by atoms with Crippen LogP contribution < -0.4 is 10.1 Å². The second-order valence-electron chi connectivity index (χ2n) is 9.49. The number of nitrogens with zero attached hydrogens (tertiary/aromatic N) is 3. The predicted octanol–water partition coefficient (Wildman–Crippen LogP) is 6.93. The van der Waals surface area contributed by atoms with Gasteiger partial charge in [-0.15, -0.1) is 10.2 Å². The van der Waals surface area contributed by atoms with E-state index in [9.17, 15) is 4.79 Å². The van der Waals surface area contributed by atoms with E-state index in [4.69, 9.17) is 16.3 Å². The van der Waals surface area contributed by atoms with Crippen LogP contribution in [0, 0.1) is 6.92 Å². The lowest BCUT2D eigenvalue weighted by Crippen LogP contribution is -2.14. The molecule has 1 amide bonds. The molecule has 0 spiro atoms. The standard InChI is InChI=1S/C28H29ClN4O2S/c1-18-6-13-22(14-7-18)33-26(19-8-10-20(11-9-19)28(2,3)4)31-32-27(33)36-17-25(34)30-21-12-15-24(35-5)23(29)16-21/h6-16H,17H2,1-5H3,(H,30,34). The van der Waals surface area contributed by atoms with E-state index in [-0.39, 0.29) is 17.1 Å². The minimum absolute atomic E-state index is 0.0612. The molecule has 3 aromatic carbocycles. The number of hydrogen-bond donors (Lipinski definition) is 1. The van der Waals surface area contributed by atoms with E-state index in [1.54, 1.807) is 25.3 Å². The highest BCUT2D eigenvalue weighted by Gasteiger charge is 2.19. The van der Waals surface area contributed by atoms with Gasteiger partial charge >= 0.3 is 0 Å². The molecule has 0 bridgehead atoms. The van der Waals surface area contributed by atoms with E-state index in [2.05, 4.69) is 72.7 Å². The fourth-order valence-corrected chi connectivity index (χ4v) is 4.68. The third-order valence-electron chi connectivity index (χ3n) is 5.70. The first-order chi connectivity index (χ1) is 17.2. The zero-order chi connectivity index (χ0) is 25.9. The molecule has 6 nitrogen and oxygen atoms in total. The number of rotatable bonds is 7. The van der Waals surface area contributed by atoms with Crippen LogP contribution >= 0.6 is 23.4 Å². The predicted molar refractivity (Wildman–Crippen MR) is 148 cm³/mol. The number of carbonyl (C=O) groups is 1. The molecule has 1 N–H and O–H groups in total. The van der Waals surface area contributed by atoms with Crippen molar-refractivity contribution in [2.24, 2.45) is 0 Å². The number of aromatic nitrogens is 3. The van der Waals surface area contributed by atoms with Crippen molar-refractivity contribution in [3.8, 4) is 22.8 Å². The van der Waals surface area contributed by atoms with Gasteiger partial charge in [0.25, 0.3) is 0 Å². The number of amides is 1. The second-order valence-corrected chi connectivity index (χ2v) is 10.8. The van der Waals surface area contributed by atoms with Gasteiger partial charge < -0.3 is 10.1 Å². The Bertz CT molecular complexity index is 1360. The molecule has 0 fully saturated rings. The molecule has 0 atom stereocenters. The first kappa shape index (κ1) is 25.8. The van der Waals surface area contributed by atoms with Crippen LogP contribution in [0.4, 0.5) is 5.69 Å². The highest BCUT2D eigenvalue weighted by Crippen LogP contribution is 2.31. The topological polar surface area (TPSA) is 69.0 Å². The number of methoxy groups -OCH3 is 1. The van der Waals surface area contributed by atoms with Crippen LogP contribution in [0.3, 0.4) is 0 Å². The third kappa shape index (κ3) is 5.91. The van der Waals surface area contributed by atoms with Gasteiger partial charge in [0.1, 0.15) is 5.75 Å². The maximum Gasteiger partial charge on any atom is 0.234 e. The molecule has 186 valence electrons. The number of anilines is 1. The molecule has 4 rings (SSSR count). The van der Waals surface area contributed by atoms with Crippen LogP contribution in [0.15, 0.2) is 71.9 Å². The summed E-state index contributed by atoms with van der Waals surface area (Å²) in [4.78, 5) is 12.7. The normalized spacial score (nSPS) is 11.4. The number of halogens is 1. The summed E-state index contributed by atoms with van der Waals surface area (Å²) in [6, 6.07) is 21.7. The Morgan fingerprint density at radius 1 is 1.03 bits per heavy atom. The second kappa shape index (κ2) is 10.8. The van der Waals surface area contributed by atoms with E-state index < -0.39 is 0 Å². The molecule has 1 heterocycles. The molecule has 0 radical (unpaired) electrons. The highest BCUT2D eigenvalue weighted by atomic mass is 35.5. The number of hydrogen-bond acceptors (Lipinski definition) is 5. The first-order valence-electron chi connectivity index (χ1n) is 11.6. The molecule has 0 aliphatic heterocycles. The maximum atomic E-state index is 12.7. The van der Waals surface area contributed by atoms with Crippen LogP contribution in [-0.4, -0.2) is 33.5 Å². The number of ether oxygens (including phenoxy) is 1. The van der Waals surface area contributed by atoms with E-state index in [1.165, 1.54) is 17.3 Å². The summed E-state index contributed by atoms with van der Waals surface area (Å²) in [6.45, 7) is 8.62. The molecule has 0 saturated heterocycles. The Balaban J connectivity index is 1.59. The van der Waals surface area contributed by atoms with Crippen LogP contribution in [0.5, 0.6) is 5.75 Å². The molecular formula is C28H29ClN4O2S. The smallest absolute Gasteiger partial charge is 0.234 e. The average molecular weight is 521 g/mol. The minimum Gasteiger partial charge on any atom is -0.495 e. The SMILES string of the molecule is COc1ccc(NC(=O)CSc2nnc(-c3ccc(C(C)(C)C)cc3)n2-c2ccc(C)cc2)cc1Cl. The summed E-state index contributed by atoms with van der Waals surface area (Å²) in [6.07, 6.45) is 0. The molecule has 1 aromatic heterocycles. The molecule has 36 heavy (non-hydrogen) atoms. The molecule has 8 heteroatoms. The van der Waals surface area contributed by atoms with Crippen molar-refractivity contribution in [3.63, 3.8) is 0 Å². The Morgan fingerprint density at radius 2 is 1.72 bits per heavy atom. The van der Waals surface area contributed by atoms with Crippen molar-refractivity contribution in [3.05, 3.63) is 82.9 Å². The largest absolute Gasteiger partial charge is 0.495 e. The molecule has 0 saturated carbocycles. The van der Waals surface area contributed by atoms with Gasteiger partial charge in [0, 0.05) is 16.9 Å². The van der Waals surface area contributed by atoms with Crippen LogP contribution in [0.2, 0.25) is 5.02 Å². The van der Waals surface area contributed by atoms with Crippen molar-refractivity contribution >= 4 is 35.0 Å². The summed E-state index contributed by atoms with van der Waals surface area (Å²) >= 11 is 7.51. The zero-order valence-electron chi connectivity index (χ0n) is 21.0. The van der Waals surface area contributed by atoms with Gasteiger partial charge in [0.05, 0.1) is 17.9 Å². The zero-order valence-corrected chi connectivity index (χ0v) is 22.6. The maximum absolute atomic E-state index is 12.7. The van der Waals surface area contributed by atoms with Gasteiger partial charge in [-0.05, 0) is 48.2 Å². The number of thioether (sulfide) groups is 1. The van der Waals surface area contributed by atoms with Gasteiger partial charge in [0.2, 0.25) is 5.91 Å². The lowest BCUT2D eigenvalue weighted by molar-refractivity contribution is -0.113. The lowest BCUT2D eigenvalue weighted by Gasteiger charge is -2.19. The van der Waals surface area contributed by atoms with Gasteiger partial charge in [0.15, 0.2) is 11.0 Å². The van der Waals surface area contributed by atoms with E-state index >= 15 is 0 Å². The van der Waals surface area contributed by atoms with Crippen LogP contribution in [0.25, 0.3) is 17.1 Å². The fourth-order valence-electron chi connectivity index (χ4n) is 3.67. The molecule has 0 aliphatic carbocycles. The highest BCUT2D eigenvalue weighted by molar-refractivity contribution is 7.99. The fraction of sp³-hybridized carbons (Fsp3) is 0.250. The van der Waals surface area contributed by atoms with Crippen molar-refractivity contribution in [1.82, 2.24) is 14.8 Å². The minimum atomic E-state index is -0.171. The number of nitrogens with one attached hydrogen (secondary N) is 1. The van der Waals surface area contributed by atoms with Crippen LogP contribution in [-0.2, 0) is 10.2 Å². The van der Waals surface area contributed by atoms with Crippen molar-refractivity contribution in [2.75, 3.05) is 18.2 Å². The molecule has 0 aliphatic rings.